The lowest BCUT2D eigenvalue weighted by molar-refractivity contribution is -0.147. The number of anilines is 1. The topological polar surface area (TPSA) is 119 Å². The van der Waals surface area contributed by atoms with Crippen LogP contribution in [0.1, 0.15) is 47.8 Å². The molecule has 3 heterocycles. The van der Waals surface area contributed by atoms with Gasteiger partial charge in [-0.1, -0.05) is 13.8 Å². The minimum atomic E-state index is -1.02. The molecule has 1 aromatic rings. The molecule has 4 atom stereocenters. The number of carboxylic acid groups (broad SMARTS) is 1. The van der Waals surface area contributed by atoms with Crippen molar-refractivity contribution in [3.8, 4) is 0 Å². The first-order valence-electron chi connectivity index (χ1n) is 7.92. The predicted octanol–water partition coefficient (Wildman–Crippen LogP) is 1.79. The molecule has 4 N–H and O–H groups in total. The SMILES string of the molecule is CC(C)c1cc(C(N)=O)c(NC(=O)[C@@H]2[C@@H](C(=O)O)[C@@H]3CC[C@H]2O3)s1. The van der Waals surface area contributed by atoms with Crippen LogP contribution in [0.3, 0.4) is 0 Å². The van der Waals surface area contributed by atoms with Gasteiger partial charge in [0.05, 0.1) is 29.6 Å². The number of carbonyl (C=O) groups excluding carboxylic acids is 2. The Labute approximate surface area is 143 Å². The zero-order chi connectivity index (χ0) is 17.6. The van der Waals surface area contributed by atoms with E-state index in [-0.39, 0.29) is 17.6 Å². The van der Waals surface area contributed by atoms with Gasteiger partial charge in [-0.15, -0.1) is 11.3 Å². The third-order valence-electron chi connectivity index (χ3n) is 4.68. The number of thiophene rings is 1. The van der Waals surface area contributed by atoms with Crippen LogP contribution in [-0.4, -0.2) is 35.1 Å². The number of ether oxygens (including phenoxy) is 1. The van der Waals surface area contributed by atoms with Crippen molar-refractivity contribution in [2.75, 3.05) is 5.32 Å². The average Bonchev–Trinajstić information content (AvgIpc) is 3.19. The molecule has 8 heteroatoms. The molecule has 0 aromatic carbocycles. The number of rotatable bonds is 5. The van der Waals surface area contributed by atoms with Gasteiger partial charge >= 0.3 is 5.97 Å². The summed E-state index contributed by atoms with van der Waals surface area (Å²) in [5, 5.41) is 12.5. The second-order valence-electron chi connectivity index (χ2n) is 6.58. The number of fused-ring (bicyclic) bond motifs is 2. The molecular formula is C16H20N2O5S. The number of carbonyl (C=O) groups is 3. The highest BCUT2D eigenvalue weighted by Gasteiger charge is 2.55. The smallest absolute Gasteiger partial charge is 0.310 e. The zero-order valence-corrected chi connectivity index (χ0v) is 14.3. The van der Waals surface area contributed by atoms with E-state index in [0.29, 0.717) is 17.8 Å². The molecule has 0 saturated carbocycles. The van der Waals surface area contributed by atoms with Gasteiger partial charge in [0, 0.05) is 4.88 Å². The maximum Gasteiger partial charge on any atom is 0.310 e. The minimum Gasteiger partial charge on any atom is -0.481 e. The van der Waals surface area contributed by atoms with Crippen LogP contribution in [0.4, 0.5) is 5.00 Å². The summed E-state index contributed by atoms with van der Waals surface area (Å²) in [6, 6.07) is 1.68. The van der Waals surface area contributed by atoms with E-state index in [0.717, 1.165) is 4.88 Å². The van der Waals surface area contributed by atoms with E-state index in [9.17, 15) is 19.5 Å². The fourth-order valence-electron chi connectivity index (χ4n) is 3.49. The summed E-state index contributed by atoms with van der Waals surface area (Å²) in [6.45, 7) is 3.96. The van der Waals surface area contributed by atoms with E-state index in [1.165, 1.54) is 11.3 Å². The van der Waals surface area contributed by atoms with E-state index >= 15 is 0 Å². The van der Waals surface area contributed by atoms with Gasteiger partial charge in [-0.25, -0.2) is 0 Å². The van der Waals surface area contributed by atoms with Gasteiger partial charge in [-0.2, -0.15) is 0 Å². The lowest BCUT2D eigenvalue weighted by Gasteiger charge is -2.23. The highest BCUT2D eigenvalue weighted by molar-refractivity contribution is 7.16. The van der Waals surface area contributed by atoms with Crippen molar-refractivity contribution in [1.82, 2.24) is 0 Å². The van der Waals surface area contributed by atoms with Gasteiger partial charge in [-0.3, -0.25) is 14.4 Å². The second kappa shape index (κ2) is 6.18. The number of primary amides is 1. The fraction of sp³-hybridized carbons (Fsp3) is 0.562. The summed E-state index contributed by atoms with van der Waals surface area (Å²) in [6.07, 6.45) is 0.553. The first kappa shape index (κ1) is 16.9. The molecule has 2 fully saturated rings. The Balaban J connectivity index is 1.84. The van der Waals surface area contributed by atoms with Gasteiger partial charge in [0.1, 0.15) is 5.00 Å². The molecule has 0 spiro atoms. The second-order valence-corrected chi connectivity index (χ2v) is 7.66. The molecule has 130 valence electrons. The highest BCUT2D eigenvalue weighted by Crippen LogP contribution is 2.44. The number of nitrogens with one attached hydrogen (secondary N) is 1. The predicted molar refractivity (Wildman–Crippen MR) is 88.1 cm³/mol. The first-order chi connectivity index (χ1) is 11.3. The molecule has 0 unspecified atom stereocenters. The van der Waals surface area contributed by atoms with Crippen LogP contribution in [0, 0.1) is 11.8 Å². The molecule has 3 rings (SSSR count). The maximum absolute atomic E-state index is 12.7. The monoisotopic (exact) mass is 352 g/mol. The Bertz CT molecular complexity index is 699. The molecule has 1 aromatic heterocycles. The molecule has 2 amide bonds. The van der Waals surface area contributed by atoms with Crippen LogP contribution in [-0.2, 0) is 14.3 Å². The van der Waals surface area contributed by atoms with Crippen molar-refractivity contribution in [2.45, 2.75) is 44.8 Å². The van der Waals surface area contributed by atoms with Gasteiger partial charge in [0.25, 0.3) is 5.91 Å². The fourth-order valence-corrected chi connectivity index (χ4v) is 4.56. The third-order valence-corrected chi connectivity index (χ3v) is 6.03. The van der Waals surface area contributed by atoms with E-state index in [4.69, 9.17) is 10.5 Å². The average molecular weight is 352 g/mol. The van der Waals surface area contributed by atoms with Crippen molar-refractivity contribution in [3.63, 3.8) is 0 Å². The van der Waals surface area contributed by atoms with Gasteiger partial charge in [0.2, 0.25) is 5.91 Å². The number of aliphatic carboxylic acids is 1. The Hall–Kier alpha value is -1.93. The summed E-state index contributed by atoms with van der Waals surface area (Å²) in [5.74, 6) is -3.46. The van der Waals surface area contributed by atoms with Crippen LogP contribution < -0.4 is 11.1 Å². The molecule has 7 nitrogen and oxygen atoms in total. The van der Waals surface area contributed by atoms with E-state index < -0.39 is 35.7 Å². The quantitative estimate of drug-likeness (QED) is 0.746. The molecule has 2 bridgehead atoms. The Morgan fingerprint density at radius 3 is 2.46 bits per heavy atom. The van der Waals surface area contributed by atoms with Crippen LogP contribution in [0.5, 0.6) is 0 Å². The summed E-state index contributed by atoms with van der Waals surface area (Å²) >= 11 is 1.29. The number of nitrogens with two attached hydrogens (primary N) is 1. The van der Waals surface area contributed by atoms with Crippen LogP contribution in [0.2, 0.25) is 0 Å². The lowest BCUT2D eigenvalue weighted by Crippen LogP contribution is -2.41. The van der Waals surface area contributed by atoms with Crippen LogP contribution in [0.25, 0.3) is 0 Å². The van der Waals surface area contributed by atoms with Crippen molar-refractivity contribution in [3.05, 3.63) is 16.5 Å². The highest BCUT2D eigenvalue weighted by atomic mass is 32.1. The summed E-state index contributed by atoms with van der Waals surface area (Å²) in [4.78, 5) is 36.7. The molecular weight excluding hydrogens is 332 g/mol. The van der Waals surface area contributed by atoms with Crippen LogP contribution >= 0.6 is 11.3 Å². The summed E-state index contributed by atoms with van der Waals surface area (Å²) in [7, 11) is 0. The number of hydrogen-bond donors (Lipinski definition) is 3. The first-order valence-corrected chi connectivity index (χ1v) is 8.74. The number of amides is 2. The summed E-state index contributed by atoms with van der Waals surface area (Å²) in [5.41, 5.74) is 5.65. The Morgan fingerprint density at radius 1 is 1.29 bits per heavy atom. The Kier molecular flexibility index (Phi) is 4.35. The van der Waals surface area contributed by atoms with Crippen molar-refractivity contribution < 1.29 is 24.2 Å². The molecule has 24 heavy (non-hydrogen) atoms. The van der Waals surface area contributed by atoms with Crippen molar-refractivity contribution in [2.24, 2.45) is 17.6 Å². The zero-order valence-electron chi connectivity index (χ0n) is 13.4. The Morgan fingerprint density at radius 2 is 1.92 bits per heavy atom. The standard InChI is InChI=1S/C16H20N2O5S/c1-6(2)10-5-7(13(17)19)15(24-10)18-14(20)11-8-3-4-9(23-8)12(11)16(21)22/h5-6,8-9,11-12H,3-4H2,1-2H3,(H2,17,19)(H,18,20)(H,21,22)/t8-,9+,11+,12+/m1/s1. The molecule has 2 saturated heterocycles. The number of hydrogen-bond acceptors (Lipinski definition) is 5. The third kappa shape index (κ3) is 2.80. The number of carboxylic acids is 1. The van der Waals surface area contributed by atoms with E-state index in [1.807, 2.05) is 13.8 Å². The molecule has 0 radical (unpaired) electrons. The lowest BCUT2D eigenvalue weighted by atomic mass is 9.79. The van der Waals surface area contributed by atoms with Gasteiger partial charge in [-0.05, 0) is 24.8 Å². The van der Waals surface area contributed by atoms with Crippen molar-refractivity contribution >= 4 is 34.1 Å². The van der Waals surface area contributed by atoms with Crippen LogP contribution in [0.15, 0.2) is 6.07 Å². The van der Waals surface area contributed by atoms with Crippen molar-refractivity contribution in [1.29, 1.82) is 0 Å². The normalized spacial score (nSPS) is 28.3. The molecule has 0 aliphatic carbocycles. The molecule has 2 aliphatic heterocycles. The van der Waals surface area contributed by atoms with E-state index in [2.05, 4.69) is 5.32 Å². The van der Waals surface area contributed by atoms with Gasteiger partial charge < -0.3 is 20.9 Å². The largest absolute Gasteiger partial charge is 0.481 e. The summed E-state index contributed by atoms with van der Waals surface area (Å²) < 4.78 is 5.61. The van der Waals surface area contributed by atoms with Gasteiger partial charge in [0.15, 0.2) is 0 Å². The maximum atomic E-state index is 12.7. The van der Waals surface area contributed by atoms with E-state index in [1.54, 1.807) is 6.07 Å². The minimum absolute atomic E-state index is 0.191. The molecule has 2 aliphatic rings.